The first kappa shape index (κ1) is 20.4. The molecule has 2 fully saturated rings. The summed E-state index contributed by atoms with van der Waals surface area (Å²) >= 11 is 0. The normalized spacial score (nSPS) is 25.9. The fraction of sp³-hybridized carbons (Fsp3) is 0.524. The Labute approximate surface area is 165 Å². The van der Waals surface area contributed by atoms with Crippen LogP contribution < -0.4 is 16.2 Å². The van der Waals surface area contributed by atoms with Crippen LogP contribution in [-0.4, -0.2) is 35.9 Å². The smallest absolute Gasteiger partial charge is 0.333 e. The molecule has 0 unspecified atom stereocenters. The Morgan fingerprint density at radius 3 is 2.61 bits per heavy atom. The summed E-state index contributed by atoms with van der Waals surface area (Å²) < 4.78 is 6.08. The van der Waals surface area contributed by atoms with Gasteiger partial charge >= 0.3 is 12.0 Å². The van der Waals surface area contributed by atoms with E-state index in [9.17, 15) is 9.59 Å². The van der Waals surface area contributed by atoms with Gasteiger partial charge in [0.25, 0.3) is 0 Å². The summed E-state index contributed by atoms with van der Waals surface area (Å²) in [5.41, 5.74) is 6.50. The molecule has 0 spiro atoms. The first-order valence-electron chi connectivity index (χ1n) is 10.0. The van der Waals surface area contributed by atoms with Crippen LogP contribution in [0.3, 0.4) is 0 Å². The molecule has 1 aromatic carbocycles. The molecule has 7 heteroatoms. The van der Waals surface area contributed by atoms with Gasteiger partial charge in [0.05, 0.1) is 12.2 Å². The second-order valence-electron chi connectivity index (χ2n) is 7.44. The zero-order valence-electron chi connectivity index (χ0n) is 16.0. The fourth-order valence-corrected chi connectivity index (χ4v) is 4.16. The standard InChI is InChI=1S/C21H29N3O4/c25-20(26)11-7-2-1-6-10-16-17(19-13-12-18(16)28-19)14-22-24-21(27)23-15-8-4-3-5-9-15/h1,3-6,8-9,16-19,22H,2,7,10-14H2,(H,25,26)(H2,23,24,27)/b6-1-/t16-,17-,18-,19+/m0/s1. The van der Waals surface area contributed by atoms with Crippen molar-refractivity contribution >= 4 is 17.7 Å². The predicted molar refractivity (Wildman–Crippen MR) is 107 cm³/mol. The lowest BCUT2D eigenvalue weighted by molar-refractivity contribution is -0.137. The highest BCUT2D eigenvalue weighted by atomic mass is 16.5. The molecule has 7 nitrogen and oxygen atoms in total. The first-order valence-corrected chi connectivity index (χ1v) is 10.0. The molecule has 152 valence electrons. The number of para-hydroxylation sites is 1. The summed E-state index contributed by atoms with van der Waals surface area (Å²) in [6.45, 7) is 0.668. The van der Waals surface area contributed by atoms with E-state index < -0.39 is 5.97 Å². The van der Waals surface area contributed by atoms with Crippen molar-refractivity contribution in [2.75, 3.05) is 11.9 Å². The van der Waals surface area contributed by atoms with Gasteiger partial charge in [0.2, 0.25) is 0 Å². The lowest BCUT2D eigenvalue weighted by Crippen LogP contribution is -2.45. The number of carbonyl (C=O) groups is 2. The summed E-state index contributed by atoms with van der Waals surface area (Å²) in [5, 5.41) is 11.4. The van der Waals surface area contributed by atoms with Crippen LogP contribution in [0.4, 0.5) is 10.5 Å². The number of carbonyl (C=O) groups excluding carboxylic acids is 1. The molecule has 4 atom stereocenters. The Balaban J connectivity index is 1.40. The summed E-state index contributed by atoms with van der Waals surface area (Å²) in [6, 6.07) is 9.03. The first-order chi connectivity index (χ1) is 13.6. The number of fused-ring (bicyclic) bond motifs is 2. The Kier molecular flexibility index (Phi) is 7.45. The number of nitrogens with one attached hydrogen (secondary N) is 3. The van der Waals surface area contributed by atoms with E-state index in [-0.39, 0.29) is 18.6 Å². The number of hydrogen-bond donors (Lipinski definition) is 4. The number of carboxylic acid groups (broad SMARTS) is 1. The number of urea groups is 1. The number of hydrazine groups is 1. The van der Waals surface area contributed by atoms with Crippen LogP contribution >= 0.6 is 0 Å². The maximum absolute atomic E-state index is 12.0. The molecule has 2 aliphatic heterocycles. The minimum Gasteiger partial charge on any atom is -0.481 e. The molecule has 3 rings (SSSR count). The summed E-state index contributed by atoms with van der Waals surface area (Å²) in [6.07, 6.45) is 9.54. The van der Waals surface area contributed by atoms with E-state index in [1.54, 1.807) is 0 Å². The summed E-state index contributed by atoms with van der Waals surface area (Å²) in [4.78, 5) is 22.5. The third-order valence-electron chi connectivity index (χ3n) is 5.50. The molecule has 0 radical (unpaired) electrons. The van der Waals surface area contributed by atoms with Gasteiger partial charge in [0.15, 0.2) is 0 Å². The van der Waals surface area contributed by atoms with Gasteiger partial charge in [-0.15, -0.1) is 0 Å². The minimum absolute atomic E-state index is 0.213. The molecule has 1 aromatic rings. The van der Waals surface area contributed by atoms with Gasteiger partial charge in [-0.2, -0.15) is 0 Å². The molecular weight excluding hydrogens is 358 g/mol. The molecule has 2 saturated heterocycles. The van der Waals surface area contributed by atoms with Crippen LogP contribution in [0.15, 0.2) is 42.5 Å². The third kappa shape index (κ3) is 5.81. The van der Waals surface area contributed by atoms with E-state index in [4.69, 9.17) is 9.84 Å². The summed E-state index contributed by atoms with van der Waals surface area (Å²) in [5.74, 6) is 0.0465. The van der Waals surface area contributed by atoms with E-state index in [0.29, 0.717) is 30.9 Å². The molecule has 0 aliphatic carbocycles. The molecule has 2 aliphatic rings. The number of benzene rings is 1. The fourth-order valence-electron chi connectivity index (χ4n) is 4.16. The van der Waals surface area contributed by atoms with Crippen molar-refractivity contribution in [2.24, 2.45) is 11.8 Å². The molecule has 2 heterocycles. The van der Waals surface area contributed by atoms with Gasteiger partial charge in [0.1, 0.15) is 0 Å². The average molecular weight is 387 g/mol. The minimum atomic E-state index is -0.746. The van der Waals surface area contributed by atoms with Crippen molar-refractivity contribution < 1.29 is 19.4 Å². The zero-order chi connectivity index (χ0) is 19.8. The Hall–Kier alpha value is -2.38. The molecule has 2 amide bonds. The Morgan fingerprint density at radius 2 is 1.86 bits per heavy atom. The van der Waals surface area contributed by atoms with Gasteiger partial charge in [-0.05, 0) is 50.2 Å². The zero-order valence-corrected chi connectivity index (χ0v) is 16.0. The number of rotatable bonds is 10. The van der Waals surface area contributed by atoms with Crippen molar-refractivity contribution in [1.82, 2.24) is 10.9 Å². The maximum Gasteiger partial charge on any atom is 0.333 e. The summed E-state index contributed by atoms with van der Waals surface area (Å²) in [7, 11) is 0. The van der Waals surface area contributed by atoms with Gasteiger partial charge in [-0.3, -0.25) is 10.2 Å². The van der Waals surface area contributed by atoms with Gasteiger partial charge in [0, 0.05) is 24.6 Å². The monoisotopic (exact) mass is 387 g/mol. The van der Waals surface area contributed by atoms with Gasteiger partial charge < -0.3 is 15.2 Å². The molecular formula is C21H29N3O4. The number of aliphatic carboxylic acids is 1. The maximum atomic E-state index is 12.0. The molecule has 28 heavy (non-hydrogen) atoms. The lowest BCUT2D eigenvalue weighted by atomic mass is 9.77. The molecule has 0 aromatic heterocycles. The molecule has 4 N–H and O–H groups in total. The largest absolute Gasteiger partial charge is 0.481 e. The Bertz CT molecular complexity index is 679. The van der Waals surface area contributed by atoms with E-state index >= 15 is 0 Å². The number of carboxylic acids is 1. The van der Waals surface area contributed by atoms with Crippen LogP contribution in [0, 0.1) is 11.8 Å². The van der Waals surface area contributed by atoms with E-state index in [1.807, 2.05) is 30.3 Å². The average Bonchev–Trinajstić information content (AvgIpc) is 3.27. The van der Waals surface area contributed by atoms with Gasteiger partial charge in [-0.1, -0.05) is 30.4 Å². The van der Waals surface area contributed by atoms with Crippen molar-refractivity contribution in [1.29, 1.82) is 0 Å². The number of unbranched alkanes of at least 4 members (excludes halogenated alkanes) is 1. The quantitative estimate of drug-likeness (QED) is 0.280. The van der Waals surface area contributed by atoms with Crippen molar-refractivity contribution in [3.8, 4) is 0 Å². The van der Waals surface area contributed by atoms with Crippen molar-refractivity contribution in [3.05, 3.63) is 42.5 Å². The second-order valence-corrected chi connectivity index (χ2v) is 7.44. The van der Waals surface area contributed by atoms with Crippen molar-refractivity contribution in [3.63, 3.8) is 0 Å². The predicted octanol–water partition coefficient (Wildman–Crippen LogP) is 3.31. The van der Waals surface area contributed by atoms with Crippen LogP contribution in [0.25, 0.3) is 0 Å². The third-order valence-corrected chi connectivity index (χ3v) is 5.50. The number of anilines is 1. The molecule has 0 saturated carbocycles. The highest BCUT2D eigenvalue weighted by Crippen LogP contribution is 2.44. The highest BCUT2D eigenvalue weighted by Gasteiger charge is 2.47. The van der Waals surface area contributed by atoms with E-state index in [2.05, 4.69) is 28.3 Å². The Morgan fingerprint density at radius 1 is 1.11 bits per heavy atom. The topological polar surface area (TPSA) is 99.7 Å². The van der Waals surface area contributed by atoms with E-state index in [1.165, 1.54) is 0 Å². The van der Waals surface area contributed by atoms with Crippen LogP contribution in [0.2, 0.25) is 0 Å². The SMILES string of the molecule is O=C(O)CCC/C=C\C[C@H]1[C@H](CNNC(=O)Nc2ccccc2)[C@H]2CC[C@@H]1O2. The lowest BCUT2D eigenvalue weighted by Gasteiger charge is -2.27. The van der Waals surface area contributed by atoms with Crippen LogP contribution in [-0.2, 0) is 9.53 Å². The second kappa shape index (κ2) is 10.2. The number of amides is 2. The van der Waals surface area contributed by atoms with Crippen molar-refractivity contribution in [2.45, 2.75) is 50.7 Å². The van der Waals surface area contributed by atoms with Crippen LogP contribution in [0.5, 0.6) is 0 Å². The number of allylic oxidation sites excluding steroid dienone is 2. The number of hydrogen-bond acceptors (Lipinski definition) is 4. The van der Waals surface area contributed by atoms with E-state index in [0.717, 1.165) is 31.4 Å². The van der Waals surface area contributed by atoms with Gasteiger partial charge in [-0.25, -0.2) is 10.2 Å². The van der Waals surface area contributed by atoms with Crippen LogP contribution in [0.1, 0.15) is 38.5 Å². The highest BCUT2D eigenvalue weighted by molar-refractivity contribution is 5.88. The molecule has 2 bridgehead atoms. The number of ether oxygens (including phenoxy) is 1.